The summed E-state index contributed by atoms with van der Waals surface area (Å²) in [5.41, 5.74) is 7.71. The Hall–Kier alpha value is -1.70. The molecule has 2 heterocycles. The Kier molecular flexibility index (Phi) is 6.56. The number of hydrogen-bond donors (Lipinski definition) is 2. The second-order valence-electron chi connectivity index (χ2n) is 8.82. The molecule has 0 aromatic heterocycles. The highest BCUT2D eigenvalue weighted by atomic mass is 35.5. The molecule has 0 saturated carbocycles. The molecule has 168 valence electrons. The molecule has 0 spiro atoms. The SMILES string of the molecule is Cc1ccc(C2(O)CCN(CCCC3(c4ccc(F)cc4N)CCOO3)CC2)cc1Cl. The summed E-state index contributed by atoms with van der Waals surface area (Å²) in [6, 6.07) is 10.3. The zero-order valence-corrected chi connectivity index (χ0v) is 18.6. The molecule has 0 amide bonds. The second kappa shape index (κ2) is 9.04. The zero-order chi connectivity index (χ0) is 22.1. The van der Waals surface area contributed by atoms with Crippen LogP contribution in [0.1, 0.15) is 48.8 Å². The Morgan fingerprint density at radius 2 is 1.94 bits per heavy atom. The van der Waals surface area contributed by atoms with Gasteiger partial charge in [-0.2, -0.15) is 0 Å². The van der Waals surface area contributed by atoms with Crippen molar-refractivity contribution in [3.63, 3.8) is 0 Å². The Bertz CT molecular complexity index is 925. The molecule has 1 atom stereocenters. The van der Waals surface area contributed by atoms with E-state index in [4.69, 9.17) is 27.1 Å². The summed E-state index contributed by atoms with van der Waals surface area (Å²) in [7, 11) is 0. The third kappa shape index (κ3) is 4.73. The van der Waals surface area contributed by atoms with Crippen molar-refractivity contribution in [3.05, 3.63) is 63.9 Å². The fourth-order valence-electron chi connectivity index (χ4n) is 4.74. The Balaban J connectivity index is 1.34. The van der Waals surface area contributed by atoms with Gasteiger partial charge in [-0.15, -0.1) is 0 Å². The number of halogens is 2. The van der Waals surface area contributed by atoms with Crippen LogP contribution in [0.3, 0.4) is 0 Å². The number of piperidine rings is 1. The third-order valence-corrected chi connectivity index (χ3v) is 7.17. The van der Waals surface area contributed by atoms with Crippen LogP contribution in [0.25, 0.3) is 0 Å². The molecule has 7 heteroatoms. The average Bonchev–Trinajstić information content (AvgIpc) is 3.21. The van der Waals surface area contributed by atoms with Gasteiger partial charge in [-0.25, -0.2) is 14.2 Å². The third-order valence-electron chi connectivity index (χ3n) is 6.76. The largest absolute Gasteiger partial charge is 0.398 e. The van der Waals surface area contributed by atoms with Crippen LogP contribution < -0.4 is 5.73 Å². The van der Waals surface area contributed by atoms with E-state index in [9.17, 15) is 9.50 Å². The lowest BCUT2D eigenvalue weighted by Gasteiger charge is -2.39. The Morgan fingerprint density at radius 3 is 2.58 bits per heavy atom. The molecule has 0 radical (unpaired) electrons. The van der Waals surface area contributed by atoms with Crippen LogP contribution in [0.5, 0.6) is 0 Å². The molecule has 0 aliphatic carbocycles. The number of nitrogen functional groups attached to an aromatic ring is 1. The maximum absolute atomic E-state index is 13.5. The van der Waals surface area contributed by atoms with Crippen LogP contribution >= 0.6 is 11.6 Å². The number of benzene rings is 2. The van der Waals surface area contributed by atoms with Crippen molar-refractivity contribution < 1.29 is 19.3 Å². The van der Waals surface area contributed by atoms with Gasteiger partial charge in [0.15, 0.2) is 0 Å². The molecule has 2 fully saturated rings. The van der Waals surface area contributed by atoms with E-state index in [-0.39, 0.29) is 5.82 Å². The van der Waals surface area contributed by atoms with Crippen LogP contribution in [-0.4, -0.2) is 36.2 Å². The van der Waals surface area contributed by atoms with Crippen molar-refractivity contribution in [1.82, 2.24) is 4.90 Å². The van der Waals surface area contributed by atoms with E-state index in [0.717, 1.165) is 49.2 Å². The molecule has 2 aliphatic rings. The molecular formula is C24H30ClFN2O3. The number of anilines is 1. The standard InChI is InChI=1S/C24H30ClFN2O3/c1-17-3-4-18(15-21(17)25)23(29)8-12-28(13-9-23)11-2-7-24(10-14-30-31-24)20-6-5-19(26)16-22(20)27/h3-6,15-16,29H,2,7-14,27H2,1H3. The lowest BCUT2D eigenvalue weighted by Crippen LogP contribution is -2.43. The maximum Gasteiger partial charge on any atom is 0.133 e. The van der Waals surface area contributed by atoms with Crippen LogP contribution in [-0.2, 0) is 21.0 Å². The van der Waals surface area contributed by atoms with Gasteiger partial charge in [-0.05, 0) is 68.5 Å². The van der Waals surface area contributed by atoms with E-state index in [1.807, 2.05) is 25.1 Å². The molecule has 3 N–H and O–H groups in total. The van der Waals surface area contributed by atoms with Gasteiger partial charge >= 0.3 is 0 Å². The van der Waals surface area contributed by atoms with E-state index in [1.165, 1.54) is 12.1 Å². The highest BCUT2D eigenvalue weighted by molar-refractivity contribution is 6.31. The quantitative estimate of drug-likeness (QED) is 0.496. The fraction of sp³-hybridized carbons (Fsp3) is 0.500. The highest BCUT2D eigenvalue weighted by Crippen LogP contribution is 2.42. The van der Waals surface area contributed by atoms with Gasteiger partial charge in [-0.1, -0.05) is 29.8 Å². The molecule has 2 aromatic carbocycles. The summed E-state index contributed by atoms with van der Waals surface area (Å²) in [5, 5.41) is 11.8. The van der Waals surface area contributed by atoms with E-state index < -0.39 is 11.2 Å². The first-order valence-corrected chi connectivity index (χ1v) is 11.3. The smallest absolute Gasteiger partial charge is 0.133 e. The number of hydrogen-bond acceptors (Lipinski definition) is 5. The van der Waals surface area contributed by atoms with Gasteiger partial charge in [0.2, 0.25) is 0 Å². The van der Waals surface area contributed by atoms with Crippen molar-refractivity contribution in [1.29, 1.82) is 0 Å². The first-order chi connectivity index (χ1) is 14.8. The van der Waals surface area contributed by atoms with Crippen molar-refractivity contribution in [2.75, 3.05) is 32.0 Å². The number of aliphatic hydroxyl groups is 1. The van der Waals surface area contributed by atoms with E-state index in [0.29, 0.717) is 36.6 Å². The van der Waals surface area contributed by atoms with Gasteiger partial charge in [0.25, 0.3) is 0 Å². The van der Waals surface area contributed by atoms with Gasteiger partial charge < -0.3 is 15.7 Å². The predicted molar refractivity (Wildman–Crippen MR) is 119 cm³/mol. The molecule has 2 saturated heterocycles. The molecule has 0 bridgehead atoms. The van der Waals surface area contributed by atoms with Crippen LogP contribution in [0.4, 0.5) is 10.1 Å². The summed E-state index contributed by atoms with van der Waals surface area (Å²) < 4.78 is 13.5. The maximum atomic E-state index is 13.5. The van der Waals surface area contributed by atoms with E-state index in [1.54, 1.807) is 6.07 Å². The van der Waals surface area contributed by atoms with Crippen LogP contribution in [0.2, 0.25) is 5.02 Å². The summed E-state index contributed by atoms with van der Waals surface area (Å²) in [6.45, 7) is 4.96. The lowest BCUT2D eigenvalue weighted by molar-refractivity contribution is -0.315. The predicted octanol–water partition coefficient (Wildman–Crippen LogP) is 4.68. The second-order valence-corrected chi connectivity index (χ2v) is 9.23. The molecule has 31 heavy (non-hydrogen) atoms. The number of aryl methyl sites for hydroxylation is 1. The van der Waals surface area contributed by atoms with E-state index >= 15 is 0 Å². The number of likely N-dealkylation sites (tertiary alicyclic amines) is 1. The zero-order valence-electron chi connectivity index (χ0n) is 17.9. The van der Waals surface area contributed by atoms with Crippen molar-refractivity contribution in [2.45, 2.75) is 50.2 Å². The minimum absolute atomic E-state index is 0.356. The molecular weight excluding hydrogens is 419 g/mol. The van der Waals surface area contributed by atoms with Gasteiger partial charge in [0.05, 0.1) is 12.2 Å². The first kappa shape index (κ1) is 22.5. The normalized spacial score (nSPS) is 23.9. The molecule has 2 aromatic rings. The van der Waals surface area contributed by atoms with Gasteiger partial charge in [0.1, 0.15) is 11.4 Å². The monoisotopic (exact) mass is 448 g/mol. The molecule has 5 nitrogen and oxygen atoms in total. The Morgan fingerprint density at radius 1 is 1.16 bits per heavy atom. The summed E-state index contributed by atoms with van der Waals surface area (Å²) in [6.07, 6.45) is 3.65. The minimum Gasteiger partial charge on any atom is -0.398 e. The number of nitrogens with zero attached hydrogens (tertiary/aromatic N) is 1. The highest BCUT2D eigenvalue weighted by Gasteiger charge is 2.41. The van der Waals surface area contributed by atoms with E-state index in [2.05, 4.69) is 4.90 Å². The van der Waals surface area contributed by atoms with Gasteiger partial charge in [-0.3, -0.25) is 0 Å². The lowest BCUT2D eigenvalue weighted by atomic mass is 9.83. The summed E-state index contributed by atoms with van der Waals surface area (Å²) in [5.74, 6) is -0.356. The molecule has 1 unspecified atom stereocenters. The van der Waals surface area contributed by atoms with Crippen LogP contribution in [0, 0.1) is 12.7 Å². The summed E-state index contributed by atoms with van der Waals surface area (Å²) in [4.78, 5) is 13.3. The Labute approximate surface area is 187 Å². The van der Waals surface area contributed by atoms with Gasteiger partial charge in [0, 0.05) is 35.8 Å². The number of nitrogens with two attached hydrogens (primary N) is 1. The minimum atomic E-state index is -0.833. The molecule has 4 rings (SSSR count). The van der Waals surface area contributed by atoms with Crippen LogP contribution in [0.15, 0.2) is 36.4 Å². The van der Waals surface area contributed by atoms with Crippen molar-refractivity contribution >= 4 is 17.3 Å². The topological polar surface area (TPSA) is 68.0 Å². The molecule has 2 aliphatic heterocycles. The summed E-state index contributed by atoms with van der Waals surface area (Å²) >= 11 is 6.26. The van der Waals surface area contributed by atoms with Crippen molar-refractivity contribution in [3.8, 4) is 0 Å². The average molecular weight is 449 g/mol. The number of rotatable bonds is 6. The fourth-order valence-corrected chi connectivity index (χ4v) is 4.92. The first-order valence-electron chi connectivity index (χ1n) is 10.9. The van der Waals surface area contributed by atoms with Crippen molar-refractivity contribution in [2.24, 2.45) is 0 Å².